The number of rotatable bonds is 9. The molecule has 3 aromatic heterocycles. The fraction of sp³-hybridized carbons (Fsp3) is 0.286. The molecule has 0 amide bonds. The maximum atomic E-state index is 13.2. The molecule has 0 saturated heterocycles. The molecule has 8 nitrogen and oxygen atoms in total. The Morgan fingerprint density at radius 1 is 1.03 bits per heavy atom. The van der Waals surface area contributed by atoms with Gasteiger partial charge in [0.2, 0.25) is 0 Å². The molecule has 5 aromatic rings. The summed E-state index contributed by atoms with van der Waals surface area (Å²) < 4.78 is 7.53. The second kappa shape index (κ2) is 10.3. The molecule has 0 aliphatic carbocycles. The average molecular weight is 483 g/mol. The molecule has 184 valence electrons. The topological polar surface area (TPSA) is 92.8 Å². The number of aromatic amines is 1. The Balaban J connectivity index is 1.53. The van der Waals surface area contributed by atoms with Crippen LogP contribution in [0.5, 0.6) is 0 Å². The number of H-pyrrole nitrogens is 1. The highest BCUT2D eigenvalue weighted by molar-refractivity contribution is 5.85. The first-order chi connectivity index (χ1) is 17.5. The number of tetrazole rings is 1. The largest absolute Gasteiger partial charge is 0.468 e. The molecule has 0 bridgehead atoms. The van der Waals surface area contributed by atoms with Crippen molar-refractivity contribution in [2.75, 3.05) is 0 Å². The highest BCUT2D eigenvalue weighted by Gasteiger charge is 2.27. The monoisotopic (exact) mass is 482 g/mol. The Hall–Kier alpha value is -4.04. The van der Waals surface area contributed by atoms with Gasteiger partial charge in [0.25, 0.3) is 5.56 Å². The summed E-state index contributed by atoms with van der Waals surface area (Å²) >= 11 is 0. The van der Waals surface area contributed by atoms with Gasteiger partial charge < -0.3 is 9.40 Å². The van der Waals surface area contributed by atoms with E-state index in [1.54, 1.807) is 6.26 Å². The molecule has 0 unspecified atom stereocenters. The van der Waals surface area contributed by atoms with Crippen LogP contribution in [0.4, 0.5) is 0 Å². The molecule has 1 N–H and O–H groups in total. The van der Waals surface area contributed by atoms with E-state index in [1.165, 1.54) is 0 Å². The minimum atomic E-state index is -0.123. The zero-order valence-corrected chi connectivity index (χ0v) is 20.8. The van der Waals surface area contributed by atoms with Gasteiger partial charge in [0.05, 0.1) is 30.9 Å². The van der Waals surface area contributed by atoms with Crippen molar-refractivity contribution in [2.45, 2.75) is 52.9 Å². The average Bonchev–Trinajstić information content (AvgIpc) is 3.56. The van der Waals surface area contributed by atoms with Gasteiger partial charge in [-0.3, -0.25) is 9.69 Å². The van der Waals surface area contributed by atoms with Crippen molar-refractivity contribution in [2.24, 2.45) is 0 Å². The Bertz CT molecular complexity index is 1500. The first kappa shape index (κ1) is 23.7. The Morgan fingerprint density at radius 3 is 2.58 bits per heavy atom. The number of furan rings is 1. The molecule has 0 radical (unpaired) electrons. The van der Waals surface area contributed by atoms with Crippen molar-refractivity contribution in [1.82, 2.24) is 30.1 Å². The number of hydrogen-bond acceptors (Lipinski definition) is 6. The molecule has 36 heavy (non-hydrogen) atoms. The lowest BCUT2D eigenvalue weighted by atomic mass is 10.0. The first-order valence-electron chi connectivity index (χ1n) is 12.2. The summed E-state index contributed by atoms with van der Waals surface area (Å²) in [6, 6.07) is 20.0. The smallest absolute Gasteiger partial charge is 0.252 e. The van der Waals surface area contributed by atoms with E-state index in [0.717, 1.165) is 45.6 Å². The number of benzene rings is 2. The maximum Gasteiger partial charge on any atom is 0.252 e. The molecular formula is C28H30N6O2. The number of nitrogens with one attached hydrogen (secondary N) is 1. The van der Waals surface area contributed by atoms with Crippen LogP contribution in [-0.2, 0) is 19.6 Å². The molecule has 0 spiro atoms. The van der Waals surface area contributed by atoms with Gasteiger partial charge in [0, 0.05) is 17.5 Å². The summed E-state index contributed by atoms with van der Waals surface area (Å²) in [4.78, 5) is 18.5. The predicted octanol–water partition coefficient (Wildman–Crippen LogP) is 4.93. The van der Waals surface area contributed by atoms with E-state index in [2.05, 4.69) is 57.5 Å². The number of aryl methyl sites for hydroxylation is 2. The van der Waals surface area contributed by atoms with Crippen LogP contribution in [0.25, 0.3) is 10.9 Å². The number of nitrogens with zero attached hydrogens (tertiary/aromatic N) is 5. The maximum absolute atomic E-state index is 13.2. The van der Waals surface area contributed by atoms with Gasteiger partial charge in [-0.05, 0) is 65.6 Å². The Morgan fingerprint density at radius 2 is 1.83 bits per heavy atom. The quantitative estimate of drug-likeness (QED) is 0.320. The zero-order valence-electron chi connectivity index (χ0n) is 20.8. The third-order valence-electron chi connectivity index (χ3n) is 6.69. The molecule has 0 aliphatic rings. The van der Waals surface area contributed by atoms with E-state index in [1.807, 2.05) is 54.1 Å². The van der Waals surface area contributed by atoms with Crippen molar-refractivity contribution in [3.8, 4) is 0 Å². The Labute approximate surface area is 209 Å². The van der Waals surface area contributed by atoms with Crippen LogP contribution in [0.2, 0.25) is 0 Å². The molecule has 1 atom stereocenters. The van der Waals surface area contributed by atoms with Crippen molar-refractivity contribution < 1.29 is 4.42 Å². The third-order valence-corrected chi connectivity index (χ3v) is 6.69. The van der Waals surface area contributed by atoms with Crippen LogP contribution in [0.3, 0.4) is 0 Å². The summed E-state index contributed by atoms with van der Waals surface area (Å²) in [5.74, 6) is 1.58. The number of aromatic nitrogens is 5. The molecule has 2 aromatic carbocycles. The number of fused-ring (bicyclic) bond motifs is 1. The summed E-state index contributed by atoms with van der Waals surface area (Å²) in [5.41, 5.74) is 4.81. The van der Waals surface area contributed by atoms with Gasteiger partial charge in [-0.1, -0.05) is 49.4 Å². The van der Waals surface area contributed by atoms with Crippen LogP contribution < -0.4 is 5.56 Å². The SMILES string of the molecule is CC[C@@H](c1nnnn1Cc1ccccc1)N(Cc1ccco1)Cc1cc2c(C)ccc(C)c2[nH]c1=O. The minimum Gasteiger partial charge on any atom is -0.468 e. The predicted molar refractivity (Wildman–Crippen MR) is 138 cm³/mol. The van der Waals surface area contributed by atoms with Crippen LogP contribution in [0, 0.1) is 13.8 Å². The number of pyridine rings is 1. The summed E-state index contributed by atoms with van der Waals surface area (Å²) in [5, 5.41) is 13.8. The van der Waals surface area contributed by atoms with E-state index in [-0.39, 0.29) is 11.6 Å². The first-order valence-corrected chi connectivity index (χ1v) is 12.2. The third kappa shape index (κ3) is 4.85. The van der Waals surface area contributed by atoms with E-state index < -0.39 is 0 Å². The lowest BCUT2D eigenvalue weighted by Gasteiger charge is -2.29. The Kier molecular flexibility index (Phi) is 6.77. The van der Waals surface area contributed by atoms with Crippen molar-refractivity contribution in [3.63, 3.8) is 0 Å². The molecular weight excluding hydrogens is 452 g/mol. The summed E-state index contributed by atoms with van der Waals surface area (Å²) in [6.07, 6.45) is 2.43. The van der Waals surface area contributed by atoms with Crippen LogP contribution in [0.15, 0.2) is 76.1 Å². The lowest BCUT2D eigenvalue weighted by Crippen LogP contribution is -2.32. The second-order valence-electron chi connectivity index (χ2n) is 9.20. The molecule has 0 aliphatic heterocycles. The van der Waals surface area contributed by atoms with E-state index in [9.17, 15) is 4.79 Å². The molecule has 0 fully saturated rings. The molecule has 8 heteroatoms. The zero-order chi connectivity index (χ0) is 25.1. The standard InChI is InChI=1S/C28H30N6O2/c1-4-25(27-30-31-32-34(27)16-21-9-6-5-7-10-21)33(18-23-11-8-14-36-23)17-22-15-24-19(2)12-13-20(3)26(24)29-28(22)35/h5-15,25H,4,16-18H2,1-3H3,(H,29,35)/t25-/m0/s1. The van der Waals surface area contributed by atoms with Gasteiger partial charge in [0.15, 0.2) is 5.82 Å². The molecule has 3 heterocycles. The highest BCUT2D eigenvalue weighted by atomic mass is 16.3. The minimum absolute atomic E-state index is 0.0839. The normalized spacial score (nSPS) is 12.4. The lowest BCUT2D eigenvalue weighted by molar-refractivity contribution is 0.149. The van der Waals surface area contributed by atoms with Crippen LogP contribution in [-0.4, -0.2) is 30.1 Å². The molecule has 5 rings (SSSR count). The van der Waals surface area contributed by atoms with Crippen LogP contribution >= 0.6 is 0 Å². The second-order valence-corrected chi connectivity index (χ2v) is 9.20. The summed E-state index contributed by atoms with van der Waals surface area (Å²) in [6.45, 7) is 7.71. The molecule has 0 saturated carbocycles. The van der Waals surface area contributed by atoms with E-state index in [4.69, 9.17) is 4.42 Å². The van der Waals surface area contributed by atoms with Gasteiger partial charge >= 0.3 is 0 Å². The van der Waals surface area contributed by atoms with Gasteiger partial charge in [-0.2, -0.15) is 0 Å². The van der Waals surface area contributed by atoms with Gasteiger partial charge in [-0.25, -0.2) is 4.68 Å². The fourth-order valence-corrected chi connectivity index (χ4v) is 4.76. The van der Waals surface area contributed by atoms with Gasteiger partial charge in [-0.15, -0.1) is 5.10 Å². The van der Waals surface area contributed by atoms with Crippen molar-refractivity contribution in [1.29, 1.82) is 0 Å². The van der Waals surface area contributed by atoms with Gasteiger partial charge in [0.1, 0.15) is 5.76 Å². The van der Waals surface area contributed by atoms with Crippen molar-refractivity contribution >= 4 is 10.9 Å². The highest BCUT2D eigenvalue weighted by Crippen LogP contribution is 2.28. The fourth-order valence-electron chi connectivity index (χ4n) is 4.76. The van der Waals surface area contributed by atoms with E-state index >= 15 is 0 Å². The number of hydrogen-bond donors (Lipinski definition) is 1. The van der Waals surface area contributed by atoms with E-state index in [0.29, 0.717) is 25.2 Å². The summed E-state index contributed by atoms with van der Waals surface area (Å²) in [7, 11) is 0. The van der Waals surface area contributed by atoms with Crippen LogP contribution in [0.1, 0.15) is 53.2 Å². The van der Waals surface area contributed by atoms with Crippen molar-refractivity contribution in [3.05, 3.63) is 111 Å².